The van der Waals surface area contributed by atoms with Gasteiger partial charge in [0.1, 0.15) is 11.5 Å². The second-order valence-electron chi connectivity index (χ2n) is 6.98. The number of halogens is 1. The second-order valence-corrected chi connectivity index (χ2v) is 7.39. The Bertz CT molecular complexity index is 1080. The highest BCUT2D eigenvalue weighted by molar-refractivity contribution is 6.33. The smallest absolute Gasteiger partial charge is 0.249 e. The fourth-order valence-electron chi connectivity index (χ4n) is 2.95. The van der Waals surface area contributed by atoms with Crippen molar-refractivity contribution in [2.24, 2.45) is 0 Å². The maximum absolute atomic E-state index is 12.9. The van der Waals surface area contributed by atoms with Gasteiger partial charge < -0.3 is 18.8 Å². The molecule has 0 N–H and O–H groups in total. The molecule has 0 aliphatic carbocycles. The molecule has 1 aromatic heterocycles. The quantitative estimate of drug-likeness (QED) is 0.464. The van der Waals surface area contributed by atoms with E-state index < -0.39 is 0 Å². The number of carbonyl (C=O) groups excluding carboxylic acids is 1. The summed E-state index contributed by atoms with van der Waals surface area (Å²) in [5, 5.41) is 8.66. The molecule has 31 heavy (non-hydrogen) atoms. The van der Waals surface area contributed by atoms with Crippen molar-refractivity contribution >= 4 is 23.6 Å². The van der Waals surface area contributed by atoms with Crippen LogP contribution in [0, 0.1) is 0 Å². The molecule has 0 unspecified atom stereocenters. The van der Waals surface area contributed by atoms with Crippen LogP contribution in [-0.2, 0) is 11.3 Å². The molecule has 0 aliphatic rings. The van der Waals surface area contributed by atoms with E-state index in [-0.39, 0.29) is 18.5 Å². The van der Waals surface area contributed by atoms with E-state index in [4.69, 9.17) is 25.5 Å². The number of hydrogen-bond donors (Lipinski definition) is 0. The first-order valence-electron chi connectivity index (χ1n) is 9.71. The molecule has 0 bridgehead atoms. The molecule has 0 fully saturated rings. The minimum atomic E-state index is -0.197. The average molecular weight is 442 g/mol. The van der Waals surface area contributed by atoms with Gasteiger partial charge in [-0.3, -0.25) is 4.79 Å². The number of amides is 1. The van der Waals surface area contributed by atoms with E-state index in [0.29, 0.717) is 33.9 Å². The van der Waals surface area contributed by atoms with E-state index in [2.05, 4.69) is 10.2 Å². The van der Waals surface area contributed by atoms with Crippen molar-refractivity contribution in [2.75, 3.05) is 14.2 Å². The van der Waals surface area contributed by atoms with Crippen LogP contribution in [0.25, 0.3) is 17.5 Å². The lowest BCUT2D eigenvalue weighted by Gasteiger charge is -2.23. The summed E-state index contributed by atoms with van der Waals surface area (Å²) in [6.45, 7) is 4.01. The minimum absolute atomic E-state index is 0.0833. The van der Waals surface area contributed by atoms with Crippen LogP contribution in [0.4, 0.5) is 0 Å². The molecular weight excluding hydrogens is 418 g/mol. The van der Waals surface area contributed by atoms with Gasteiger partial charge in [-0.05, 0) is 50.3 Å². The Morgan fingerprint density at radius 2 is 1.94 bits per heavy atom. The van der Waals surface area contributed by atoms with E-state index in [0.717, 1.165) is 5.56 Å². The van der Waals surface area contributed by atoms with Gasteiger partial charge in [-0.15, -0.1) is 10.2 Å². The Labute approximate surface area is 186 Å². The third-order valence-corrected chi connectivity index (χ3v) is 4.96. The summed E-state index contributed by atoms with van der Waals surface area (Å²) < 4.78 is 16.4. The molecule has 1 heterocycles. The van der Waals surface area contributed by atoms with Gasteiger partial charge in [-0.25, -0.2) is 0 Å². The second kappa shape index (κ2) is 10.1. The number of nitrogens with zero attached hydrogens (tertiary/aromatic N) is 3. The number of carbonyl (C=O) groups is 1. The lowest BCUT2D eigenvalue weighted by Crippen LogP contribution is -2.35. The summed E-state index contributed by atoms with van der Waals surface area (Å²) in [5.74, 6) is 1.75. The number of hydrogen-bond acceptors (Lipinski definition) is 6. The first kappa shape index (κ1) is 22.4. The first-order valence-corrected chi connectivity index (χ1v) is 10.1. The molecule has 3 rings (SSSR count). The van der Waals surface area contributed by atoms with E-state index in [9.17, 15) is 4.79 Å². The van der Waals surface area contributed by atoms with Gasteiger partial charge in [-0.2, -0.15) is 0 Å². The molecule has 1 amide bonds. The summed E-state index contributed by atoms with van der Waals surface area (Å²) in [5.41, 5.74) is 1.38. The van der Waals surface area contributed by atoms with Crippen molar-refractivity contribution in [1.29, 1.82) is 0 Å². The number of benzene rings is 2. The number of aromatic nitrogens is 2. The molecule has 2 aromatic carbocycles. The van der Waals surface area contributed by atoms with E-state index in [1.54, 1.807) is 55.5 Å². The fraction of sp³-hybridized carbons (Fsp3) is 0.261. The third-order valence-electron chi connectivity index (χ3n) is 4.63. The summed E-state index contributed by atoms with van der Waals surface area (Å²) >= 11 is 6.20. The monoisotopic (exact) mass is 441 g/mol. The van der Waals surface area contributed by atoms with Crippen molar-refractivity contribution < 1.29 is 18.7 Å². The Balaban J connectivity index is 1.78. The fourth-order valence-corrected chi connectivity index (χ4v) is 3.16. The average Bonchev–Trinajstić information content (AvgIpc) is 3.24. The standard InChI is InChI=1S/C23H24ClN3O4/c1-15(2)27(14-21-25-26-23(31-21)18-7-5-6-8-19(18)24)22(28)12-9-16-13-17(29-3)10-11-20(16)30-4/h5-13,15H,14H2,1-4H3/b12-9+. The first-order chi connectivity index (χ1) is 14.9. The van der Waals surface area contributed by atoms with Crippen LogP contribution >= 0.6 is 11.6 Å². The van der Waals surface area contributed by atoms with E-state index in [1.165, 1.54) is 6.08 Å². The predicted molar refractivity (Wildman–Crippen MR) is 119 cm³/mol. The Morgan fingerprint density at radius 3 is 2.61 bits per heavy atom. The van der Waals surface area contributed by atoms with E-state index >= 15 is 0 Å². The topological polar surface area (TPSA) is 77.7 Å². The largest absolute Gasteiger partial charge is 0.497 e. The zero-order valence-electron chi connectivity index (χ0n) is 17.8. The summed E-state index contributed by atoms with van der Waals surface area (Å²) in [6.07, 6.45) is 3.19. The van der Waals surface area contributed by atoms with Gasteiger partial charge in [0.2, 0.25) is 17.7 Å². The molecule has 0 aliphatic heterocycles. The Hall–Kier alpha value is -3.32. The Morgan fingerprint density at radius 1 is 1.16 bits per heavy atom. The lowest BCUT2D eigenvalue weighted by molar-refractivity contribution is -0.128. The molecular formula is C23H24ClN3O4. The van der Waals surface area contributed by atoms with Crippen LogP contribution in [0.3, 0.4) is 0 Å². The molecule has 0 spiro atoms. The molecule has 0 saturated heterocycles. The summed E-state index contributed by atoms with van der Waals surface area (Å²) in [4.78, 5) is 14.5. The highest BCUT2D eigenvalue weighted by Crippen LogP contribution is 2.27. The molecule has 162 valence electrons. The van der Waals surface area contributed by atoms with Crippen LogP contribution in [0.2, 0.25) is 5.02 Å². The summed E-state index contributed by atoms with van der Waals surface area (Å²) in [7, 11) is 3.16. The van der Waals surface area contributed by atoms with Crippen molar-refractivity contribution in [2.45, 2.75) is 26.4 Å². The SMILES string of the molecule is COc1ccc(OC)c(/C=C/C(=O)N(Cc2nnc(-c3ccccc3Cl)o2)C(C)C)c1. The maximum atomic E-state index is 12.9. The zero-order chi connectivity index (χ0) is 22.4. The maximum Gasteiger partial charge on any atom is 0.249 e. The van der Waals surface area contributed by atoms with Gasteiger partial charge in [0.05, 0.1) is 31.4 Å². The van der Waals surface area contributed by atoms with Crippen molar-refractivity contribution in [3.05, 3.63) is 65.0 Å². The minimum Gasteiger partial charge on any atom is -0.497 e. The van der Waals surface area contributed by atoms with Crippen molar-refractivity contribution in [1.82, 2.24) is 15.1 Å². The molecule has 3 aromatic rings. The van der Waals surface area contributed by atoms with Crippen molar-refractivity contribution in [3.63, 3.8) is 0 Å². The highest BCUT2D eigenvalue weighted by Gasteiger charge is 2.20. The lowest BCUT2D eigenvalue weighted by atomic mass is 10.1. The number of methoxy groups -OCH3 is 2. The van der Waals surface area contributed by atoms with Crippen LogP contribution in [0.15, 0.2) is 53.0 Å². The van der Waals surface area contributed by atoms with Crippen LogP contribution in [-0.4, -0.2) is 41.3 Å². The van der Waals surface area contributed by atoms with Gasteiger partial charge in [0.25, 0.3) is 0 Å². The molecule has 8 heteroatoms. The van der Waals surface area contributed by atoms with Crippen LogP contribution in [0.1, 0.15) is 25.3 Å². The Kier molecular flexibility index (Phi) is 7.31. The van der Waals surface area contributed by atoms with Crippen molar-refractivity contribution in [3.8, 4) is 23.0 Å². The van der Waals surface area contributed by atoms with Gasteiger partial charge in [0, 0.05) is 17.7 Å². The van der Waals surface area contributed by atoms with E-state index in [1.807, 2.05) is 26.0 Å². The van der Waals surface area contributed by atoms with Crippen LogP contribution < -0.4 is 9.47 Å². The zero-order valence-corrected chi connectivity index (χ0v) is 18.6. The predicted octanol–water partition coefficient (Wildman–Crippen LogP) is 4.86. The number of ether oxygens (including phenoxy) is 2. The van der Waals surface area contributed by atoms with Gasteiger partial charge >= 0.3 is 0 Å². The summed E-state index contributed by atoms with van der Waals surface area (Å²) in [6, 6.07) is 12.5. The van der Waals surface area contributed by atoms with Crippen LogP contribution in [0.5, 0.6) is 11.5 Å². The highest BCUT2D eigenvalue weighted by atomic mass is 35.5. The normalized spacial score (nSPS) is 11.2. The molecule has 0 atom stereocenters. The van der Waals surface area contributed by atoms with Gasteiger partial charge in [0.15, 0.2) is 0 Å². The third kappa shape index (κ3) is 5.44. The molecule has 0 radical (unpaired) electrons. The number of rotatable bonds is 8. The molecule has 7 nitrogen and oxygen atoms in total. The van der Waals surface area contributed by atoms with Gasteiger partial charge in [-0.1, -0.05) is 23.7 Å². The molecule has 0 saturated carbocycles.